The minimum atomic E-state index is -0.948. The van der Waals surface area contributed by atoms with Crippen LogP contribution in [0.2, 0.25) is 0 Å². The van der Waals surface area contributed by atoms with Gasteiger partial charge in [0, 0.05) is 7.26 Å². The standard InChI is InChI=1S/C32H68P.HI/c1-9-17-21-29(13-5)25-33(26-30(14-6)22-18-10-2,27-31(15-7)23-19-11-3)28-32(16-8)24-20-12-4;/h29-32H,9-28H2,1-8H3;1H/q+1;/p-1. The maximum atomic E-state index is 2.51. The number of rotatable bonds is 24. The van der Waals surface area contributed by atoms with E-state index in [4.69, 9.17) is 0 Å². The first-order valence-electron chi connectivity index (χ1n) is 15.8. The SMILES string of the molecule is CCCCC(CC)C[P+](CC(CC)CCCC)(CC(CC)CCCC)CC(CC)CCCC.[I-]. The average Bonchev–Trinajstić information content (AvgIpc) is 2.84. The van der Waals surface area contributed by atoms with E-state index >= 15 is 0 Å². The maximum Gasteiger partial charge on any atom is 0.0622 e. The molecule has 0 rings (SSSR count). The van der Waals surface area contributed by atoms with Gasteiger partial charge >= 0.3 is 0 Å². The molecule has 0 aliphatic carbocycles. The molecule has 0 saturated carbocycles. The summed E-state index contributed by atoms with van der Waals surface area (Å²) in [5.74, 6) is 3.98. The van der Waals surface area contributed by atoms with Gasteiger partial charge in [0.1, 0.15) is 0 Å². The third-order valence-corrected chi connectivity index (χ3v) is 13.9. The van der Waals surface area contributed by atoms with Gasteiger partial charge in [-0.3, -0.25) is 0 Å². The highest BCUT2D eigenvalue weighted by Crippen LogP contribution is 2.65. The van der Waals surface area contributed by atoms with Gasteiger partial charge in [0.25, 0.3) is 0 Å². The van der Waals surface area contributed by atoms with Crippen molar-refractivity contribution in [3.63, 3.8) is 0 Å². The molecule has 4 atom stereocenters. The quantitative estimate of drug-likeness (QED) is 0.0757. The van der Waals surface area contributed by atoms with Gasteiger partial charge in [-0.1, -0.05) is 107 Å². The first kappa shape index (κ1) is 37.3. The van der Waals surface area contributed by atoms with Crippen LogP contribution in [0.5, 0.6) is 0 Å². The Balaban J connectivity index is 0. The lowest BCUT2D eigenvalue weighted by Gasteiger charge is -2.38. The second-order valence-corrected chi connectivity index (χ2v) is 15.9. The summed E-state index contributed by atoms with van der Waals surface area (Å²) in [4.78, 5) is 0. The third-order valence-electron chi connectivity index (χ3n) is 8.76. The lowest BCUT2D eigenvalue weighted by molar-refractivity contribution is -0.00000784. The predicted molar refractivity (Wildman–Crippen MR) is 160 cm³/mol. The van der Waals surface area contributed by atoms with Crippen molar-refractivity contribution < 1.29 is 24.0 Å². The van der Waals surface area contributed by atoms with Gasteiger partial charge in [-0.05, 0) is 75.0 Å². The number of halogens is 1. The minimum Gasteiger partial charge on any atom is -1.00 e. The Bertz CT molecular complexity index is 332. The summed E-state index contributed by atoms with van der Waals surface area (Å²) in [6.45, 7) is 19.6. The molecule has 0 radical (unpaired) electrons. The van der Waals surface area contributed by atoms with Crippen LogP contribution in [0.15, 0.2) is 0 Å². The van der Waals surface area contributed by atoms with E-state index < -0.39 is 7.26 Å². The largest absolute Gasteiger partial charge is 1.00 e. The summed E-state index contributed by atoms with van der Waals surface area (Å²) in [6, 6.07) is 0. The second-order valence-electron chi connectivity index (χ2n) is 11.7. The molecule has 0 amide bonds. The third kappa shape index (κ3) is 16.8. The Labute approximate surface area is 236 Å². The topological polar surface area (TPSA) is 0 Å². The van der Waals surface area contributed by atoms with Crippen molar-refractivity contribution in [1.29, 1.82) is 0 Å². The van der Waals surface area contributed by atoms with E-state index in [0.29, 0.717) is 0 Å². The molecule has 0 N–H and O–H groups in total. The molecule has 0 bridgehead atoms. The number of hydrogen-bond acceptors (Lipinski definition) is 0. The van der Waals surface area contributed by atoms with Crippen LogP contribution in [0.25, 0.3) is 0 Å². The Hall–Kier alpha value is 1.16. The molecule has 0 nitrogen and oxygen atoms in total. The highest BCUT2D eigenvalue weighted by Gasteiger charge is 2.43. The Morgan fingerprint density at radius 1 is 0.382 bits per heavy atom. The minimum absolute atomic E-state index is 0. The van der Waals surface area contributed by atoms with Crippen molar-refractivity contribution in [3.8, 4) is 0 Å². The molecular formula is C32H68IP. The van der Waals surface area contributed by atoms with E-state index in [0.717, 1.165) is 23.7 Å². The molecule has 0 saturated heterocycles. The van der Waals surface area contributed by atoms with Gasteiger partial charge in [-0.2, -0.15) is 0 Å². The predicted octanol–water partition coefficient (Wildman–Crippen LogP) is 8.87. The molecule has 0 aliphatic rings. The zero-order valence-electron chi connectivity index (χ0n) is 25.3. The first-order valence-corrected chi connectivity index (χ1v) is 18.4. The summed E-state index contributed by atoms with van der Waals surface area (Å²) in [6.07, 6.45) is 29.5. The lowest BCUT2D eigenvalue weighted by atomic mass is 10.0. The molecule has 208 valence electrons. The van der Waals surface area contributed by atoms with Crippen molar-refractivity contribution in [2.24, 2.45) is 23.7 Å². The molecule has 0 aromatic carbocycles. The summed E-state index contributed by atoms with van der Waals surface area (Å²) < 4.78 is 0. The zero-order valence-corrected chi connectivity index (χ0v) is 28.3. The smallest absolute Gasteiger partial charge is 0.0622 e. The fraction of sp³-hybridized carbons (Fsp3) is 1.00. The van der Waals surface area contributed by atoms with Crippen molar-refractivity contribution in [1.82, 2.24) is 0 Å². The fourth-order valence-corrected chi connectivity index (χ4v) is 13.3. The lowest BCUT2D eigenvalue weighted by Crippen LogP contribution is -3.00. The molecule has 2 heteroatoms. The molecule has 0 spiro atoms. The Kier molecular flexibility index (Phi) is 26.9. The van der Waals surface area contributed by atoms with Crippen molar-refractivity contribution in [2.75, 3.05) is 24.6 Å². The zero-order chi connectivity index (χ0) is 25.0. The molecule has 0 heterocycles. The molecule has 0 aromatic rings. The highest BCUT2D eigenvalue weighted by atomic mass is 127. The van der Waals surface area contributed by atoms with Crippen LogP contribution in [-0.2, 0) is 0 Å². The van der Waals surface area contributed by atoms with Gasteiger partial charge in [-0.25, -0.2) is 0 Å². The van der Waals surface area contributed by atoms with Gasteiger partial charge < -0.3 is 24.0 Å². The van der Waals surface area contributed by atoms with E-state index in [-0.39, 0.29) is 24.0 Å². The Morgan fingerprint density at radius 3 is 0.735 bits per heavy atom. The van der Waals surface area contributed by atoms with Gasteiger partial charge in [-0.15, -0.1) is 0 Å². The first-order chi connectivity index (χ1) is 16.0. The van der Waals surface area contributed by atoms with Gasteiger partial charge in [0.05, 0.1) is 24.6 Å². The van der Waals surface area contributed by atoms with E-state index in [9.17, 15) is 0 Å². The normalized spacial score (nSPS) is 16.9. The van der Waals surface area contributed by atoms with Crippen molar-refractivity contribution in [3.05, 3.63) is 0 Å². The Morgan fingerprint density at radius 2 is 0.588 bits per heavy atom. The van der Waals surface area contributed by atoms with Crippen LogP contribution in [0.4, 0.5) is 0 Å². The van der Waals surface area contributed by atoms with Crippen LogP contribution in [0.3, 0.4) is 0 Å². The van der Waals surface area contributed by atoms with E-state index in [2.05, 4.69) is 55.4 Å². The van der Waals surface area contributed by atoms with Crippen LogP contribution < -0.4 is 24.0 Å². The van der Waals surface area contributed by atoms with Gasteiger partial charge in [0.2, 0.25) is 0 Å². The van der Waals surface area contributed by atoms with Crippen LogP contribution in [0.1, 0.15) is 158 Å². The van der Waals surface area contributed by atoms with Crippen LogP contribution >= 0.6 is 7.26 Å². The number of hydrogen-bond donors (Lipinski definition) is 0. The number of unbranched alkanes of at least 4 members (excludes halogenated alkanes) is 4. The monoisotopic (exact) mass is 610 g/mol. The average molecular weight is 611 g/mol. The van der Waals surface area contributed by atoms with Crippen LogP contribution in [0, 0.1) is 23.7 Å². The molecule has 34 heavy (non-hydrogen) atoms. The summed E-state index contributed by atoms with van der Waals surface area (Å²) >= 11 is 0. The fourth-order valence-electron chi connectivity index (χ4n) is 6.31. The maximum absolute atomic E-state index is 2.51. The second kappa shape index (κ2) is 24.5. The summed E-state index contributed by atoms with van der Waals surface area (Å²) in [5, 5.41) is 0. The van der Waals surface area contributed by atoms with E-state index in [1.165, 1.54) is 103 Å². The van der Waals surface area contributed by atoms with Gasteiger partial charge in [0.15, 0.2) is 0 Å². The highest BCUT2D eigenvalue weighted by molar-refractivity contribution is 7.75. The molecule has 4 unspecified atom stereocenters. The van der Waals surface area contributed by atoms with Crippen molar-refractivity contribution >= 4 is 7.26 Å². The van der Waals surface area contributed by atoms with E-state index in [1.807, 2.05) is 0 Å². The summed E-state index contributed by atoms with van der Waals surface area (Å²) in [7, 11) is -0.948. The van der Waals surface area contributed by atoms with E-state index in [1.54, 1.807) is 24.6 Å². The molecule has 0 aromatic heterocycles. The summed E-state index contributed by atoms with van der Waals surface area (Å²) in [5.41, 5.74) is 0. The molecular weight excluding hydrogens is 542 g/mol. The molecule has 0 aliphatic heterocycles. The van der Waals surface area contributed by atoms with Crippen LogP contribution in [-0.4, -0.2) is 24.6 Å². The van der Waals surface area contributed by atoms with Crippen molar-refractivity contribution in [2.45, 2.75) is 158 Å². The molecule has 0 fully saturated rings.